The molecule has 73 heavy (non-hydrogen) atoms. The lowest BCUT2D eigenvalue weighted by Gasteiger charge is -2.46. The number of hydrogen-bond donors (Lipinski definition) is 9. The molecule has 0 saturated carbocycles. The summed E-state index contributed by atoms with van der Waals surface area (Å²) in [4.78, 5) is 13.2. The van der Waals surface area contributed by atoms with Gasteiger partial charge >= 0.3 is 0 Å². The molecule has 426 valence electrons. The van der Waals surface area contributed by atoms with Crippen LogP contribution in [-0.2, 0) is 23.7 Å². The number of amides is 1. The Kier molecular flexibility index (Phi) is 41.4. The van der Waals surface area contributed by atoms with Crippen molar-refractivity contribution in [3.8, 4) is 0 Å². The molecule has 2 aliphatic heterocycles. The Morgan fingerprint density at radius 1 is 0.507 bits per heavy atom. The minimum atomic E-state index is -1.79. The number of nitrogens with one attached hydrogen (secondary N) is 1. The molecule has 12 unspecified atom stereocenters. The molecule has 0 aromatic carbocycles. The van der Waals surface area contributed by atoms with Crippen LogP contribution in [0.5, 0.6) is 0 Å². The van der Waals surface area contributed by atoms with Crippen LogP contribution in [0.2, 0.25) is 0 Å². The van der Waals surface area contributed by atoms with Gasteiger partial charge in [0.1, 0.15) is 48.8 Å². The third kappa shape index (κ3) is 31.1. The Hall–Kier alpha value is -2.05. The highest BCUT2D eigenvalue weighted by Crippen LogP contribution is 2.30. The van der Waals surface area contributed by atoms with E-state index in [4.69, 9.17) is 18.9 Å². The summed E-state index contributed by atoms with van der Waals surface area (Å²) in [5.41, 5.74) is 0. The fourth-order valence-corrected chi connectivity index (χ4v) is 9.54. The largest absolute Gasteiger partial charge is 0.394 e. The van der Waals surface area contributed by atoms with Gasteiger partial charge in [0.15, 0.2) is 12.6 Å². The molecule has 0 aromatic heterocycles. The summed E-state index contributed by atoms with van der Waals surface area (Å²) in [6.45, 7) is 2.69. The summed E-state index contributed by atoms with van der Waals surface area (Å²) in [6.07, 6.45) is 38.6. The van der Waals surface area contributed by atoms with E-state index in [9.17, 15) is 45.6 Å². The number of carbonyl (C=O) groups is 1. The molecule has 9 N–H and O–H groups in total. The van der Waals surface area contributed by atoms with Crippen molar-refractivity contribution < 1.29 is 64.6 Å². The van der Waals surface area contributed by atoms with E-state index in [1.54, 1.807) is 6.08 Å². The molecule has 14 heteroatoms. The third-order valence-electron chi connectivity index (χ3n) is 14.3. The van der Waals surface area contributed by atoms with Crippen molar-refractivity contribution in [1.82, 2.24) is 5.32 Å². The highest BCUT2D eigenvalue weighted by atomic mass is 16.7. The van der Waals surface area contributed by atoms with Crippen LogP contribution < -0.4 is 5.32 Å². The smallest absolute Gasteiger partial charge is 0.220 e. The first kappa shape index (κ1) is 67.1. The fourth-order valence-electron chi connectivity index (χ4n) is 9.54. The SMILES string of the molecule is CC/C=C\C/C=C\C/C=C\CCCCCCCCCC(=O)NC(COC1OC(CO)C(OC2OC(CO)C(O)C(O)C2O)C(O)C1O)C(O)/C=C/CCCCCCCCCCCCCCCCCCCCCC. The monoisotopic (exact) mass is 1040 g/mol. The first-order chi connectivity index (χ1) is 35.6. The minimum Gasteiger partial charge on any atom is -0.394 e. The summed E-state index contributed by atoms with van der Waals surface area (Å²) in [5.74, 6) is -0.249. The third-order valence-corrected chi connectivity index (χ3v) is 14.3. The van der Waals surface area contributed by atoms with E-state index in [0.29, 0.717) is 6.42 Å². The molecule has 2 rings (SSSR count). The highest BCUT2D eigenvalue weighted by molar-refractivity contribution is 5.76. The van der Waals surface area contributed by atoms with Gasteiger partial charge in [0.25, 0.3) is 0 Å². The Morgan fingerprint density at radius 2 is 0.945 bits per heavy atom. The summed E-state index contributed by atoms with van der Waals surface area (Å²) in [5, 5.41) is 87.1. The first-order valence-electron chi connectivity index (χ1n) is 29.4. The zero-order valence-corrected chi connectivity index (χ0v) is 45.6. The first-order valence-corrected chi connectivity index (χ1v) is 29.4. The topological polar surface area (TPSA) is 228 Å². The average Bonchev–Trinajstić information content (AvgIpc) is 3.39. The Bertz CT molecular complexity index is 1410. The lowest BCUT2D eigenvalue weighted by Crippen LogP contribution is -2.65. The molecule has 2 heterocycles. The van der Waals surface area contributed by atoms with Crippen molar-refractivity contribution >= 4 is 5.91 Å². The molecule has 1 amide bonds. The molecular weight excluding hydrogens is 931 g/mol. The standard InChI is InChI=1S/C59H107NO13/c1-3-5-7-9-11-13-15-17-19-21-22-23-24-25-27-28-30-32-34-36-38-40-42-48(63)47(60-51(64)43-41-39-37-35-33-31-29-26-20-18-16-14-12-10-8-6-4-2)46-70-58-56(69)54(67)57(50(45-62)72-58)73-59-55(68)53(66)52(65)49(44-61)71-59/h6,8,12,14,18,20,40,42,47-50,52-59,61-63,65-69H,3-5,7,9-11,13,15-17,19,21-39,41,43-46H2,1-2H3,(H,60,64)/b8-6-,14-12-,20-18-,42-40+. The molecule has 12 atom stereocenters. The Labute approximate surface area is 442 Å². The second kappa shape index (κ2) is 45.0. The maximum absolute atomic E-state index is 13.2. The molecule has 2 saturated heterocycles. The number of rotatable bonds is 46. The number of aliphatic hydroxyl groups is 8. The van der Waals surface area contributed by atoms with Crippen LogP contribution in [0.25, 0.3) is 0 Å². The quantitative estimate of drug-likeness (QED) is 0.0205. The summed E-state index contributed by atoms with van der Waals surface area (Å²) < 4.78 is 22.8. The Balaban J connectivity index is 1.78. The lowest BCUT2D eigenvalue weighted by atomic mass is 9.97. The van der Waals surface area contributed by atoms with E-state index in [-0.39, 0.29) is 18.9 Å². The van der Waals surface area contributed by atoms with Gasteiger partial charge in [-0.3, -0.25) is 4.79 Å². The summed E-state index contributed by atoms with van der Waals surface area (Å²) >= 11 is 0. The number of hydrogen-bond acceptors (Lipinski definition) is 13. The average molecular weight is 1040 g/mol. The fraction of sp³-hybridized carbons (Fsp3) is 0.847. The molecule has 0 aromatic rings. The normalized spacial score (nSPS) is 25.7. The zero-order valence-electron chi connectivity index (χ0n) is 45.6. The maximum Gasteiger partial charge on any atom is 0.220 e. The summed E-state index contributed by atoms with van der Waals surface area (Å²) in [7, 11) is 0. The molecular formula is C59H107NO13. The molecule has 0 spiro atoms. The molecule has 0 radical (unpaired) electrons. The van der Waals surface area contributed by atoms with Crippen LogP contribution in [0.1, 0.15) is 226 Å². The van der Waals surface area contributed by atoms with Crippen LogP contribution in [0, 0.1) is 0 Å². The van der Waals surface area contributed by atoms with Crippen molar-refractivity contribution in [1.29, 1.82) is 0 Å². The number of unbranched alkanes of at least 4 members (excludes halogenated alkanes) is 27. The number of carbonyl (C=O) groups excluding carboxylic acids is 1. The van der Waals surface area contributed by atoms with E-state index in [2.05, 4.69) is 55.6 Å². The predicted octanol–water partition coefficient (Wildman–Crippen LogP) is 9.61. The number of ether oxygens (including phenoxy) is 4. The van der Waals surface area contributed by atoms with Gasteiger partial charge in [-0.2, -0.15) is 0 Å². The van der Waals surface area contributed by atoms with E-state index in [1.165, 1.54) is 128 Å². The predicted molar refractivity (Wildman–Crippen MR) is 291 cm³/mol. The van der Waals surface area contributed by atoms with Gasteiger partial charge in [0.05, 0.1) is 32.0 Å². The van der Waals surface area contributed by atoms with E-state index in [1.807, 2.05) is 6.08 Å². The van der Waals surface area contributed by atoms with Gasteiger partial charge in [-0.15, -0.1) is 0 Å². The lowest BCUT2D eigenvalue weighted by molar-refractivity contribution is -0.359. The van der Waals surface area contributed by atoms with Gasteiger partial charge in [-0.25, -0.2) is 0 Å². The van der Waals surface area contributed by atoms with Crippen LogP contribution in [0.15, 0.2) is 48.6 Å². The van der Waals surface area contributed by atoms with Gasteiger partial charge in [-0.05, 0) is 51.4 Å². The van der Waals surface area contributed by atoms with Crippen LogP contribution in [0.3, 0.4) is 0 Å². The highest BCUT2D eigenvalue weighted by Gasteiger charge is 2.51. The van der Waals surface area contributed by atoms with Gasteiger partial charge in [0.2, 0.25) is 5.91 Å². The molecule has 2 aliphatic rings. The molecule has 0 bridgehead atoms. The van der Waals surface area contributed by atoms with Crippen LogP contribution in [0.4, 0.5) is 0 Å². The Morgan fingerprint density at radius 3 is 1.45 bits per heavy atom. The van der Waals surface area contributed by atoms with E-state index < -0.39 is 86.8 Å². The van der Waals surface area contributed by atoms with Gasteiger partial charge in [-0.1, -0.05) is 217 Å². The van der Waals surface area contributed by atoms with Crippen molar-refractivity contribution in [2.75, 3.05) is 19.8 Å². The molecule has 14 nitrogen and oxygen atoms in total. The molecule has 2 fully saturated rings. The minimum absolute atomic E-state index is 0.249. The second-order valence-electron chi connectivity index (χ2n) is 20.7. The second-order valence-corrected chi connectivity index (χ2v) is 20.7. The van der Waals surface area contributed by atoms with Crippen LogP contribution in [-0.4, -0.2) is 140 Å². The summed E-state index contributed by atoms with van der Waals surface area (Å²) in [6, 6.07) is -0.921. The van der Waals surface area contributed by atoms with E-state index in [0.717, 1.165) is 70.6 Å². The van der Waals surface area contributed by atoms with Crippen molar-refractivity contribution in [2.45, 2.75) is 299 Å². The number of allylic oxidation sites excluding steroid dienone is 7. The van der Waals surface area contributed by atoms with E-state index >= 15 is 0 Å². The van der Waals surface area contributed by atoms with Crippen molar-refractivity contribution in [3.05, 3.63) is 48.6 Å². The maximum atomic E-state index is 13.2. The van der Waals surface area contributed by atoms with Crippen molar-refractivity contribution in [2.24, 2.45) is 0 Å². The van der Waals surface area contributed by atoms with Crippen molar-refractivity contribution in [3.63, 3.8) is 0 Å². The van der Waals surface area contributed by atoms with Gasteiger partial charge in [0, 0.05) is 6.42 Å². The molecule has 0 aliphatic carbocycles. The zero-order chi connectivity index (χ0) is 53.2. The van der Waals surface area contributed by atoms with Gasteiger partial charge < -0.3 is 65.1 Å². The number of aliphatic hydroxyl groups excluding tert-OH is 8. The van der Waals surface area contributed by atoms with Crippen LogP contribution >= 0.6 is 0 Å².